The molecule has 0 amide bonds. The molecule has 35 heavy (non-hydrogen) atoms. The Labute approximate surface area is 197 Å². The number of rotatable bonds is 6. The fourth-order valence-electron chi connectivity index (χ4n) is 3.85. The highest BCUT2D eigenvalue weighted by Crippen LogP contribution is 2.43. The molecule has 1 aliphatic rings. The number of ether oxygens (including phenoxy) is 4. The van der Waals surface area contributed by atoms with Crippen LogP contribution in [0.15, 0.2) is 39.7 Å². The Balaban J connectivity index is 1.78. The quantitative estimate of drug-likeness (QED) is 0.272. The second kappa shape index (κ2) is 9.60. The highest BCUT2D eigenvalue weighted by Gasteiger charge is 2.45. The summed E-state index contributed by atoms with van der Waals surface area (Å²) in [5, 5.41) is 60.0. The van der Waals surface area contributed by atoms with E-state index in [1.54, 1.807) is 0 Å². The van der Waals surface area contributed by atoms with Gasteiger partial charge in [0.15, 0.2) is 23.0 Å². The summed E-state index contributed by atoms with van der Waals surface area (Å²) in [7, 11) is 2.56. The molecule has 0 unspecified atom stereocenters. The number of phenolic OH excluding ortho intramolecular Hbond substituents is 2. The van der Waals surface area contributed by atoms with Crippen LogP contribution in [0.5, 0.6) is 28.7 Å². The molecule has 0 saturated carbocycles. The van der Waals surface area contributed by atoms with Gasteiger partial charge in [0.05, 0.1) is 26.4 Å². The SMILES string of the molecule is COc1cc(-c2coc3cc(O[C@@H]4O[C@H](CO)[C@H](O)[C@@H](O)[C@H]4O)c(OC)c(O)c3c2=O)ccc1O. The minimum absolute atomic E-state index is 0.0655. The minimum Gasteiger partial charge on any atom is -0.504 e. The highest BCUT2D eigenvalue weighted by atomic mass is 16.7. The van der Waals surface area contributed by atoms with Crippen LogP contribution in [-0.4, -0.2) is 82.2 Å². The molecule has 1 aromatic heterocycles. The lowest BCUT2D eigenvalue weighted by Crippen LogP contribution is -2.60. The molecule has 0 aliphatic carbocycles. The molecule has 12 nitrogen and oxygen atoms in total. The molecule has 0 radical (unpaired) electrons. The minimum atomic E-state index is -1.71. The van der Waals surface area contributed by atoms with Crippen LogP contribution in [0.3, 0.4) is 0 Å². The number of aliphatic hydroxyl groups excluding tert-OH is 4. The molecule has 188 valence electrons. The van der Waals surface area contributed by atoms with Crippen molar-refractivity contribution in [3.05, 3.63) is 40.8 Å². The summed E-state index contributed by atoms with van der Waals surface area (Å²) >= 11 is 0. The summed E-state index contributed by atoms with van der Waals surface area (Å²) in [5.74, 6) is -1.11. The maximum absolute atomic E-state index is 13.2. The molecular formula is C23H24O12. The van der Waals surface area contributed by atoms with Gasteiger partial charge in [-0.1, -0.05) is 6.07 Å². The summed E-state index contributed by atoms with van der Waals surface area (Å²) in [5.41, 5.74) is -0.289. The third-order valence-electron chi connectivity index (χ3n) is 5.75. The zero-order valence-electron chi connectivity index (χ0n) is 18.6. The first-order chi connectivity index (χ1) is 16.7. The van der Waals surface area contributed by atoms with E-state index in [1.807, 2.05) is 0 Å². The molecule has 2 heterocycles. The molecule has 1 aliphatic heterocycles. The standard InChI is InChI=1S/C23H24O12/c1-31-12-5-9(3-4-11(12)25)10-8-33-13-6-14(22(32-2)19(28)16(13)17(10)26)34-23-21(30)20(29)18(27)15(7-24)35-23/h3-6,8,15,18,20-21,23-25,27-30H,7H2,1-2H3/t15-,18+,20-,21-,23-/m1/s1. The van der Waals surface area contributed by atoms with Crippen molar-refractivity contribution >= 4 is 11.0 Å². The van der Waals surface area contributed by atoms with Gasteiger partial charge < -0.3 is 54.0 Å². The number of hydrogen-bond donors (Lipinski definition) is 6. The summed E-state index contributed by atoms with van der Waals surface area (Å²) in [4.78, 5) is 13.2. The second-order valence-electron chi connectivity index (χ2n) is 7.81. The molecule has 1 saturated heterocycles. The zero-order valence-corrected chi connectivity index (χ0v) is 18.6. The van der Waals surface area contributed by atoms with Gasteiger partial charge in [-0.15, -0.1) is 0 Å². The van der Waals surface area contributed by atoms with E-state index >= 15 is 0 Å². The third kappa shape index (κ3) is 4.22. The zero-order chi connectivity index (χ0) is 25.4. The Morgan fingerprint density at radius 2 is 1.71 bits per heavy atom. The van der Waals surface area contributed by atoms with Crippen molar-refractivity contribution in [3.8, 4) is 39.9 Å². The van der Waals surface area contributed by atoms with E-state index < -0.39 is 48.5 Å². The van der Waals surface area contributed by atoms with Crippen LogP contribution < -0.4 is 19.6 Å². The van der Waals surface area contributed by atoms with Gasteiger partial charge in [-0.3, -0.25) is 4.79 Å². The Morgan fingerprint density at radius 3 is 2.37 bits per heavy atom. The van der Waals surface area contributed by atoms with Gasteiger partial charge in [0.2, 0.25) is 17.5 Å². The molecule has 1 fully saturated rings. The van der Waals surface area contributed by atoms with Crippen molar-refractivity contribution in [3.63, 3.8) is 0 Å². The maximum Gasteiger partial charge on any atom is 0.229 e. The van der Waals surface area contributed by atoms with Crippen molar-refractivity contribution in [2.45, 2.75) is 30.7 Å². The fourth-order valence-corrected chi connectivity index (χ4v) is 3.85. The van der Waals surface area contributed by atoms with Crippen LogP contribution in [0.25, 0.3) is 22.1 Å². The molecule has 3 aromatic rings. The van der Waals surface area contributed by atoms with Crippen LogP contribution in [0.4, 0.5) is 0 Å². The normalized spacial score (nSPS) is 24.3. The number of phenols is 2. The van der Waals surface area contributed by atoms with Gasteiger partial charge in [-0.2, -0.15) is 0 Å². The summed E-state index contributed by atoms with van der Waals surface area (Å²) in [6.07, 6.45) is -6.62. The number of aliphatic hydroxyl groups is 4. The number of hydrogen-bond acceptors (Lipinski definition) is 12. The summed E-state index contributed by atoms with van der Waals surface area (Å²) in [6.45, 7) is -0.662. The fraction of sp³-hybridized carbons (Fsp3) is 0.348. The molecule has 0 bridgehead atoms. The predicted molar refractivity (Wildman–Crippen MR) is 119 cm³/mol. The topological polar surface area (TPSA) is 189 Å². The molecule has 5 atom stereocenters. The maximum atomic E-state index is 13.2. The van der Waals surface area contributed by atoms with Crippen LogP contribution >= 0.6 is 0 Å². The number of benzene rings is 2. The van der Waals surface area contributed by atoms with E-state index in [9.17, 15) is 35.4 Å². The van der Waals surface area contributed by atoms with Gasteiger partial charge in [-0.25, -0.2) is 0 Å². The Morgan fingerprint density at radius 1 is 0.971 bits per heavy atom. The predicted octanol–water partition coefficient (Wildman–Crippen LogP) is 0.0671. The summed E-state index contributed by atoms with van der Waals surface area (Å²) < 4.78 is 26.8. The average Bonchev–Trinajstić information content (AvgIpc) is 2.85. The van der Waals surface area contributed by atoms with Crippen molar-refractivity contribution in [2.75, 3.05) is 20.8 Å². The lowest BCUT2D eigenvalue weighted by atomic mass is 9.99. The Hall–Kier alpha value is -3.55. The lowest BCUT2D eigenvalue weighted by Gasteiger charge is -2.39. The van der Waals surface area contributed by atoms with Gasteiger partial charge in [-0.05, 0) is 17.7 Å². The first kappa shape index (κ1) is 24.6. The molecule has 12 heteroatoms. The van der Waals surface area contributed by atoms with Crippen LogP contribution in [0, 0.1) is 0 Å². The molecule has 6 N–H and O–H groups in total. The highest BCUT2D eigenvalue weighted by molar-refractivity contribution is 5.91. The van der Waals surface area contributed by atoms with E-state index in [0.29, 0.717) is 5.56 Å². The molecule has 4 rings (SSSR count). The van der Waals surface area contributed by atoms with Gasteiger partial charge in [0.1, 0.15) is 41.6 Å². The Kier molecular flexibility index (Phi) is 6.74. The third-order valence-corrected chi connectivity index (χ3v) is 5.75. The van der Waals surface area contributed by atoms with E-state index in [-0.39, 0.29) is 39.5 Å². The van der Waals surface area contributed by atoms with Crippen molar-refractivity contribution in [2.24, 2.45) is 0 Å². The summed E-state index contributed by atoms with van der Waals surface area (Å²) in [6, 6.07) is 5.46. The van der Waals surface area contributed by atoms with Crippen molar-refractivity contribution in [1.82, 2.24) is 0 Å². The first-order valence-electron chi connectivity index (χ1n) is 10.4. The van der Waals surface area contributed by atoms with Crippen LogP contribution in [0.1, 0.15) is 0 Å². The van der Waals surface area contributed by atoms with E-state index in [0.717, 1.165) is 6.26 Å². The number of methoxy groups -OCH3 is 2. The van der Waals surface area contributed by atoms with Crippen molar-refractivity contribution < 1.29 is 54.0 Å². The Bertz CT molecular complexity index is 1280. The molecular weight excluding hydrogens is 468 g/mol. The molecule has 2 aromatic carbocycles. The van der Waals surface area contributed by atoms with Gasteiger partial charge >= 0.3 is 0 Å². The second-order valence-corrected chi connectivity index (χ2v) is 7.81. The van der Waals surface area contributed by atoms with Crippen LogP contribution in [-0.2, 0) is 4.74 Å². The van der Waals surface area contributed by atoms with E-state index in [2.05, 4.69) is 0 Å². The monoisotopic (exact) mass is 492 g/mol. The first-order valence-corrected chi connectivity index (χ1v) is 10.4. The largest absolute Gasteiger partial charge is 0.504 e. The van der Waals surface area contributed by atoms with Gasteiger partial charge in [0.25, 0.3) is 0 Å². The average molecular weight is 492 g/mol. The van der Waals surface area contributed by atoms with Crippen molar-refractivity contribution in [1.29, 1.82) is 0 Å². The van der Waals surface area contributed by atoms with Crippen LogP contribution in [0.2, 0.25) is 0 Å². The van der Waals surface area contributed by atoms with E-state index in [4.69, 9.17) is 23.4 Å². The lowest BCUT2D eigenvalue weighted by molar-refractivity contribution is -0.277. The van der Waals surface area contributed by atoms with Gasteiger partial charge in [0, 0.05) is 6.07 Å². The van der Waals surface area contributed by atoms with E-state index in [1.165, 1.54) is 38.5 Å². The number of aromatic hydroxyl groups is 2. The molecule has 0 spiro atoms. The smallest absolute Gasteiger partial charge is 0.229 e. The number of fused-ring (bicyclic) bond motifs is 1.